The van der Waals surface area contributed by atoms with Crippen LogP contribution in [0.25, 0.3) is 0 Å². The lowest BCUT2D eigenvalue weighted by Crippen LogP contribution is -2.48. The maximum Gasteiger partial charge on any atom is 0.338 e. The van der Waals surface area contributed by atoms with E-state index in [-0.39, 0.29) is 17.5 Å². The van der Waals surface area contributed by atoms with Crippen LogP contribution in [-0.4, -0.2) is 35.9 Å². The van der Waals surface area contributed by atoms with Crippen LogP contribution in [0, 0.1) is 0 Å². The molecule has 0 aliphatic carbocycles. The van der Waals surface area contributed by atoms with Crippen molar-refractivity contribution in [1.82, 2.24) is 4.31 Å². The first kappa shape index (κ1) is 23.2. The van der Waals surface area contributed by atoms with Gasteiger partial charge >= 0.3 is 5.97 Å². The van der Waals surface area contributed by atoms with Crippen molar-refractivity contribution in [2.75, 3.05) is 0 Å². The van der Waals surface area contributed by atoms with E-state index in [9.17, 15) is 18.3 Å². The van der Waals surface area contributed by atoms with E-state index >= 15 is 0 Å². The monoisotopic (exact) mass is 465 g/mol. The molecule has 1 N–H and O–H groups in total. The van der Waals surface area contributed by atoms with Gasteiger partial charge in [-0.2, -0.15) is 4.31 Å². The summed E-state index contributed by atoms with van der Waals surface area (Å²) in [6, 6.07) is 22.1. The van der Waals surface area contributed by atoms with Crippen LogP contribution in [0.4, 0.5) is 0 Å². The molecule has 7 heteroatoms. The van der Waals surface area contributed by atoms with Gasteiger partial charge in [-0.25, -0.2) is 13.2 Å². The number of aliphatic hydroxyl groups is 1. The molecule has 3 aromatic carbocycles. The summed E-state index contributed by atoms with van der Waals surface area (Å²) in [6.07, 6.45) is -0.911. The molecule has 33 heavy (non-hydrogen) atoms. The van der Waals surface area contributed by atoms with Crippen LogP contribution in [0.15, 0.2) is 83.8 Å². The lowest BCUT2D eigenvalue weighted by molar-refractivity contribution is 0.0378. The fraction of sp³-hybridized carbons (Fsp3) is 0.269. The minimum atomic E-state index is -3.82. The molecule has 4 rings (SSSR count). The zero-order chi connectivity index (χ0) is 23.6. The van der Waals surface area contributed by atoms with Gasteiger partial charge in [0.25, 0.3) is 0 Å². The van der Waals surface area contributed by atoms with E-state index in [0.717, 1.165) is 11.1 Å². The molecule has 0 bridgehead atoms. The number of hydrogen-bond donors (Lipinski definition) is 1. The van der Waals surface area contributed by atoms with Crippen molar-refractivity contribution in [3.8, 4) is 0 Å². The first-order chi connectivity index (χ1) is 15.8. The number of sulfonamides is 1. The third kappa shape index (κ3) is 4.85. The fourth-order valence-electron chi connectivity index (χ4n) is 4.11. The van der Waals surface area contributed by atoms with E-state index in [0.29, 0.717) is 17.5 Å². The summed E-state index contributed by atoms with van der Waals surface area (Å²) in [6.45, 7) is 3.73. The van der Waals surface area contributed by atoms with Crippen LogP contribution in [0.3, 0.4) is 0 Å². The van der Waals surface area contributed by atoms with Gasteiger partial charge in [-0.1, -0.05) is 60.7 Å². The zero-order valence-corrected chi connectivity index (χ0v) is 19.4. The summed E-state index contributed by atoms with van der Waals surface area (Å²) in [5.74, 6) is -0.406. The molecule has 0 saturated carbocycles. The molecule has 0 fully saturated rings. The van der Waals surface area contributed by atoms with Crippen molar-refractivity contribution < 1.29 is 23.1 Å². The van der Waals surface area contributed by atoms with Gasteiger partial charge in [-0.3, -0.25) is 0 Å². The largest absolute Gasteiger partial charge is 0.459 e. The summed E-state index contributed by atoms with van der Waals surface area (Å²) >= 11 is 0. The number of carbonyl (C=O) groups is 1. The van der Waals surface area contributed by atoms with E-state index in [2.05, 4.69) is 0 Å². The highest BCUT2D eigenvalue weighted by Gasteiger charge is 2.43. The van der Waals surface area contributed by atoms with Crippen LogP contribution >= 0.6 is 0 Å². The number of esters is 1. The van der Waals surface area contributed by atoms with E-state index in [1.807, 2.05) is 30.3 Å². The third-order valence-electron chi connectivity index (χ3n) is 5.72. The van der Waals surface area contributed by atoms with Crippen LogP contribution in [0.5, 0.6) is 0 Å². The molecular weight excluding hydrogens is 438 g/mol. The Labute approximate surface area is 194 Å². The number of rotatable bonds is 6. The molecular formula is C26H27NO5S. The second-order valence-corrected chi connectivity index (χ2v) is 10.3. The molecule has 1 aliphatic rings. The van der Waals surface area contributed by atoms with Crippen molar-refractivity contribution in [2.24, 2.45) is 0 Å². The van der Waals surface area contributed by atoms with Crippen molar-refractivity contribution in [3.63, 3.8) is 0 Å². The maximum absolute atomic E-state index is 13.6. The topological polar surface area (TPSA) is 83.9 Å². The van der Waals surface area contributed by atoms with Crippen LogP contribution in [-0.2, 0) is 27.7 Å². The summed E-state index contributed by atoms with van der Waals surface area (Å²) < 4.78 is 33.7. The summed E-state index contributed by atoms with van der Waals surface area (Å²) in [7, 11) is -3.82. The lowest BCUT2D eigenvalue weighted by Gasteiger charge is -2.39. The maximum atomic E-state index is 13.6. The van der Waals surface area contributed by atoms with Gasteiger partial charge < -0.3 is 9.84 Å². The Morgan fingerprint density at radius 3 is 2.24 bits per heavy atom. The molecule has 0 saturated heterocycles. The highest BCUT2D eigenvalue weighted by Crippen LogP contribution is 2.39. The fourth-order valence-corrected chi connectivity index (χ4v) is 5.96. The number of nitrogens with zero attached hydrogens (tertiary/aromatic N) is 1. The number of ether oxygens (including phenoxy) is 1. The highest BCUT2D eigenvalue weighted by atomic mass is 32.2. The second-order valence-electron chi connectivity index (χ2n) is 8.44. The average Bonchev–Trinajstić information content (AvgIpc) is 2.80. The molecule has 2 atom stereocenters. The first-order valence-electron chi connectivity index (χ1n) is 10.9. The number of hydrogen-bond acceptors (Lipinski definition) is 5. The number of aliphatic hydroxyl groups excluding tert-OH is 1. The average molecular weight is 466 g/mol. The molecule has 0 radical (unpaired) electrons. The Morgan fingerprint density at radius 2 is 1.58 bits per heavy atom. The van der Waals surface area contributed by atoms with Gasteiger partial charge in [0, 0.05) is 12.1 Å². The van der Waals surface area contributed by atoms with Gasteiger partial charge in [-0.05, 0) is 49.6 Å². The lowest BCUT2D eigenvalue weighted by atomic mass is 9.95. The first-order valence-corrected chi connectivity index (χ1v) is 12.3. The second kappa shape index (κ2) is 9.47. The molecule has 1 aliphatic heterocycles. The Bertz CT molecular complexity index is 1220. The van der Waals surface area contributed by atoms with E-state index in [4.69, 9.17) is 4.74 Å². The van der Waals surface area contributed by atoms with Gasteiger partial charge in [0.05, 0.1) is 28.7 Å². The van der Waals surface area contributed by atoms with E-state index in [1.165, 1.54) is 10.4 Å². The minimum absolute atomic E-state index is 0.136. The Balaban J connectivity index is 1.67. The smallest absolute Gasteiger partial charge is 0.338 e. The van der Waals surface area contributed by atoms with Gasteiger partial charge in [0.2, 0.25) is 10.0 Å². The summed E-state index contributed by atoms with van der Waals surface area (Å²) in [4.78, 5) is 12.3. The molecule has 0 spiro atoms. The van der Waals surface area contributed by atoms with E-state index in [1.54, 1.807) is 56.3 Å². The van der Waals surface area contributed by atoms with Crippen LogP contribution in [0.1, 0.15) is 47.0 Å². The molecule has 1 heterocycles. The predicted octanol–water partition coefficient (Wildman–Crippen LogP) is 4.10. The van der Waals surface area contributed by atoms with Crippen molar-refractivity contribution in [2.45, 2.75) is 50.0 Å². The molecule has 0 aromatic heterocycles. The third-order valence-corrected chi connectivity index (χ3v) is 7.66. The number of fused-ring (bicyclic) bond motifs is 1. The van der Waals surface area contributed by atoms with Crippen molar-refractivity contribution in [3.05, 3.63) is 101 Å². The van der Waals surface area contributed by atoms with Crippen LogP contribution in [0.2, 0.25) is 0 Å². The quantitative estimate of drug-likeness (QED) is 0.554. The normalized spacial score (nSPS) is 19.8. The van der Waals surface area contributed by atoms with Crippen LogP contribution < -0.4 is 0 Å². The van der Waals surface area contributed by atoms with Crippen molar-refractivity contribution in [1.29, 1.82) is 0 Å². The summed E-state index contributed by atoms with van der Waals surface area (Å²) in [5, 5.41) is 11.2. The minimum Gasteiger partial charge on any atom is -0.459 e. The predicted molar refractivity (Wildman–Crippen MR) is 125 cm³/mol. The Morgan fingerprint density at radius 1 is 0.939 bits per heavy atom. The number of benzene rings is 3. The molecule has 172 valence electrons. The number of carbonyl (C=O) groups excluding carboxylic acids is 1. The molecule has 0 unspecified atom stereocenters. The SMILES string of the molecule is CC(C)OC(=O)c1ccc(C[C@H]2[C@H](O)c3ccccc3S(=O)(=O)N2Cc2ccccc2)cc1. The summed E-state index contributed by atoms with van der Waals surface area (Å²) in [5.41, 5.74) is 2.48. The molecule has 6 nitrogen and oxygen atoms in total. The standard InChI is InChI=1S/C26H27NO5S/c1-18(2)32-26(29)21-14-12-19(13-15-21)16-23-25(28)22-10-6-7-11-24(22)33(30,31)27(23)17-20-8-4-3-5-9-20/h3-15,18,23,25,28H,16-17H2,1-2H3/t23-,25+/m0/s1. The highest BCUT2D eigenvalue weighted by molar-refractivity contribution is 7.89. The Kier molecular flexibility index (Phi) is 6.65. The van der Waals surface area contributed by atoms with Gasteiger partial charge in [0.15, 0.2) is 0 Å². The zero-order valence-electron chi connectivity index (χ0n) is 18.6. The van der Waals surface area contributed by atoms with E-state index < -0.39 is 28.1 Å². The van der Waals surface area contributed by atoms with Crippen molar-refractivity contribution >= 4 is 16.0 Å². The molecule has 0 amide bonds. The Hall–Kier alpha value is -3.00. The van der Waals surface area contributed by atoms with Gasteiger partial charge in [-0.15, -0.1) is 0 Å². The molecule has 3 aromatic rings. The van der Waals surface area contributed by atoms with Gasteiger partial charge in [0.1, 0.15) is 0 Å².